The Bertz CT molecular complexity index is 1030. The number of hydrogen-bond acceptors (Lipinski definition) is 5. The summed E-state index contributed by atoms with van der Waals surface area (Å²) in [5, 5.41) is 12.1. The van der Waals surface area contributed by atoms with Crippen LogP contribution in [-0.4, -0.2) is 28.3 Å². The highest BCUT2D eigenvalue weighted by Gasteiger charge is 2.16. The summed E-state index contributed by atoms with van der Waals surface area (Å²) in [7, 11) is 0. The van der Waals surface area contributed by atoms with Crippen LogP contribution in [0.25, 0.3) is 32.4 Å². The number of anilines is 1. The molecule has 0 saturated carbocycles. The lowest BCUT2D eigenvalue weighted by Crippen LogP contribution is -2.22. The monoisotopic (exact) mass is 398 g/mol. The van der Waals surface area contributed by atoms with Crippen LogP contribution in [0.1, 0.15) is 13.8 Å². The molecule has 0 saturated heterocycles. The van der Waals surface area contributed by atoms with Crippen molar-refractivity contribution >= 4 is 28.4 Å². The summed E-state index contributed by atoms with van der Waals surface area (Å²) in [4.78, 5) is 7.86. The van der Waals surface area contributed by atoms with Gasteiger partial charge in [-0.2, -0.15) is 5.10 Å². The maximum absolute atomic E-state index is 14.6. The van der Waals surface area contributed by atoms with E-state index in [0.717, 1.165) is 45.5 Å². The SMILES string of the molecule is CCN(CC)c1ccc(-c2csc(-c3cn[nH]c3-c3cccs3)n2)cc1F. The zero-order valence-electron chi connectivity index (χ0n) is 15.1. The van der Waals surface area contributed by atoms with E-state index in [0.29, 0.717) is 5.69 Å². The number of hydrogen-bond donors (Lipinski definition) is 1. The minimum Gasteiger partial charge on any atom is -0.370 e. The number of nitrogens with zero attached hydrogens (tertiary/aromatic N) is 3. The molecule has 0 aliphatic rings. The molecular weight excluding hydrogens is 379 g/mol. The van der Waals surface area contributed by atoms with Crippen LogP contribution < -0.4 is 4.90 Å². The fourth-order valence-electron chi connectivity index (χ4n) is 3.07. The number of thiazole rings is 1. The van der Waals surface area contributed by atoms with Crippen LogP contribution in [0.15, 0.2) is 47.3 Å². The summed E-state index contributed by atoms with van der Waals surface area (Å²) in [5.41, 5.74) is 4.13. The van der Waals surface area contributed by atoms with Crippen molar-refractivity contribution in [3.05, 3.63) is 53.1 Å². The molecule has 7 heteroatoms. The van der Waals surface area contributed by atoms with E-state index in [-0.39, 0.29) is 5.82 Å². The van der Waals surface area contributed by atoms with Crippen LogP contribution in [0, 0.1) is 5.82 Å². The van der Waals surface area contributed by atoms with Gasteiger partial charge in [-0.05, 0) is 37.4 Å². The van der Waals surface area contributed by atoms with Gasteiger partial charge in [-0.15, -0.1) is 22.7 Å². The summed E-state index contributed by atoms with van der Waals surface area (Å²) in [6, 6.07) is 9.41. The van der Waals surface area contributed by atoms with Gasteiger partial charge in [0.15, 0.2) is 0 Å². The van der Waals surface area contributed by atoms with Crippen molar-refractivity contribution in [3.63, 3.8) is 0 Å². The maximum Gasteiger partial charge on any atom is 0.147 e. The average Bonchev–Trinajstić information content (AvgIpc) is 3.43. The van der Waals surface area contributed by atoms with Gasteiger partial charge in [0.2, 0.25) is 0 Å². The Kier molecular flexibility index (Phi) is 5.05. The lowest BCUT2D eigenvalue weighted by atomic mass is 10.1. The summed E-state index contributed by atoms with van der Waals surface area (Å²) in [5.74, 6) is -0.215. The van der Waals surface area contributed by atoms with Gasteiger partial charge < -0.3 is 4.90 Å². The first kappa shape index (κ1) is 17.9. The second kappa shape index (κ2) is 7.62. The molecule has 0 aliphatic carbocycles. The maximum atomic E-state index is 14.6. The van der Waals surface area contributed by atoms with Gasteiger partial charge in [-0.1, -0.05) is 12.1 Å². The van der Waals surface area contributed by atoms with Crippen molar-refractivity contribution in [1.82, 2.24) is 15.2 Å². The zero-order chi connectivity index (χ0) is 18.8. The van der Waals surface area contributed by atoms with Crippen molar-refractivity contribution in [3.8, 4) is 32.4 Å². The third-order valence-electron chi connectivity index (χ3n) is 4.49. The van der Waals surface area contributed by atoms with Crippen LogP contribution in [-0.2, 0) is 0 Å². The van der Waals surface area contributed by atoms with E-state index in [1.165, 1.54) is 11.3 Å². The number of rotatable bonds is 6. The molecule has 0 radical (unpaired) electrons. The third-order valence-corrected chi connectivity index (χ3v) is 6.25. The smallest absolute Gasteiger partial charge is 0.147 e. The second-order valence-electron chi connectivity index (χ2n) is 6.01. The van der Waals surface area contributed by atoms with E-state index in [2.05, 4.69) is 16.3 Å². The van der Waals surface area contributed by atoms with E-state index >= 15 is 0 Å². The Morgan fingerprint density at radius 2 is 2.00 bits per heavy atom. The van der Waals surface area contributed by atoms with Crippen molar-refractivity contribution in [2.24, 2.45) is 0 Å². The number of aromatic nitrogens is 3. The fraction of sp³-hybridized carbons (Fsp3) is 0.200. The predicted molar refractivity (Wildman–Crippen MR) is 112 cm³/mol. The number of halogens is 1. The van der Waals surface area contributed by atoms with Gasteiger partial charge in [0.1, 0.15) is 10.8 Å². The molecule has 0 amide bonds. The number of aromatic amines is 1. The molecule has 138 valence electrons. The van der Waals surface area contributed by atoms with E-state index in [9.17, 15) is 4.39 Å². The highest BCUT2D eigenvalue weighted by atomic mass is 32.1. The summed E-state index contributed by atoms with van der Waals surface area (Å²) in [6.45, 7) is 5.61. The zero-order valence-corrected chi connectivity index (χ0v) is 16.7. The van der Waals surface area contributed by atoms with Crippen LogP contribution in [0.5, 0.6) is 0 Å². The van der Waals surface area contributed by atoms with Gasteiger partial charge in [0, 0.05) is 24.0 Å². The predicted octanol–water partition coefficient (Wildman–Crippen LogP) is 5.91. The Morgan fingerprint density at radius 3 is 2.70 bits per heavy atom. The normalized spacial score (nSPS) is 11.1. The van der Waals surface area contributed by atoms with Crippen LogP contribution >= 0.6 is 22.7 Å². The van der Waals surface area contributed by atoms with E-state index < -0.39 is 0 Å². The standard InChI is InChI=1S/C20H19FN4S2/c1-3-25(4-2)17-8-7-13(10-15(17)21)16-12-27-20(23-16)14-11-22-24-19(14)18-6-5-9-26-18/h5-12H,3-4H2,1-2H3,(H,22,24). The lowest BCUT2D eigenvalue weighted by molar-refractivity contribution is 0.620. The molecule has 1 N–H and O–H groups in total. The van der Waals surface area contributed by atoms with Crippen molar-refractivity contribution < 1.29 is 4.39 Å². The molecule has 0 bridgehead atoms. The number of benzene rings is 1. The number of nitrogens with one attached hydrogen (secondary N) is 1. The Hall–Kier alpha value is -2.51. The molecule has 1 aromatic carbocycles. The average molecular weight is 399 g/mol. The molecule has 0 spiro atoms. The van der Waals surface area contributed by atoms with Gasteiger partial charge in [0.25, 0.3) is 0 Å². The molecule has 3 heterocycles. The Balaban J connectivity index is 1.66. The van der Waals surface area contributed by atoms with Gasteiger partial charge in [-0.25, -0.2) is 9.37 Å². The van der Waals surface area contributed by atoms with Crippen molar-refractivity contribution in [1.29, 1.82) is 0 Å². The number of H-pyrrole nitrogens is 1. The first-order valence-electron chi connectivity index (χ1n) is 8.79. The molecule has 0 aliphatic heterocycles. The molecule has 27 heavy (non-hydrogen) atoms. The molecule has 4 rings (SSSR count). The fourth-order valence-corrected chi connectivity index (χ4v) is 4.65. The minimum absolute atomic E-state index is 0.215. The first-order valence-corrected chi connectivity index (χ1v) is 10.5. The lowest BCUT2D eigenvalue weighted by Gasteiger charge is -2.21. The van der Waals surface area contributed by atoms with E-state index in [4.69, 9.17) is 4.98 Å². The van der Waals surface area contributed by atoms with Crippen molar-refractivity contribution in [2.75, 3.05) is 18.0 Å². The summed E-state index contributed by atoms with van der Waals surface area (Å²) in [6.07, 6.45) is 1.79. The third kappa shape index (κ3) is 3.40. The molecular formula is C20H19FN4S2. The van der Waals surface area contributed by atoms with Crippen LogP contribution in [0.3, 0.4) is 0 Å². The van der Waals surface area contributed by atoms with Gasteiger partial charge in [-0.3, -0.25) is 5.10 Å². The van der Waals surface area contributed by atoms with E-state index in [1.54, 1.807) is 23.6 Å². The van der Waals surface area contributed by atoms with Crippen LogP contribution in [0.4, 0.5) is 10.1 Å². The molecule has 4 nitrogen and oxygen atoms in total. The van der Waals surface area contributed by atoms with Gasteiger partial charge in [0.05, 0.1) is 33.7 Å². The summed E-state index contributed by atoms with van der Waals surface area (Å²) >= 11 is 3.19. The van der Waals surface area contributed by atoms with Gasteiger partial charge >= 0.3 is 0 Å². The molecule has 0 atom stereocenters. The summed E-state index contributed by atoms with van der Waals surface area (Å²) < 4.78 is 14.6. The highest BCUT2D eigenvalue weighted by Crippen LogP contribution is 2.36. The largest absolute Gasteiger partial charge is 0.370 e. The molecule has 3 aromatic heterocycles. The Labute approximate surface area is 165 Å². The Morgan fingerprint density at radius 1 is 1.15 bits per heavy atom. The highest BCUT2D eigenvalue weighted by molar-refractivity contribution is 7.14. The number of thiophene rings is 1. The second-order valence-corrected chi connectivity index (χ2v) is 7.82. The quantitative estimate of drug-likeness (QED) is 0.439. The first-order chi connectivity index (χ1) is 13.2. The molecule has 0 unspecified atom stereocenters. The molecule has 0 fully saturated rings. The van der Waals surface area contributed by atoms with Crippen LogP contribution in [0.2, 0.25) is 0 Å². The van der Waals surface area contributed by atoms with Crippen molar-refractivity contribution in [2.45, 2.75) is 13.8 Å². The minimum atomic E-state index is -0.215. The van der Waals surface area contributed by atoms with E-state index in [1.807, 2.05) is 47.7 Å². The topological polar surface area (TPSA) is 44.8 Å². The molecule has 4 aromatic rings.